The third-order valence-corrected chi connectivity index (χ3v) is 3.13. The predicted octanol–water partition coefficient (Wildman–Crippen LogP) is 2.18. The maximum absolute atomic E-state index is 13.3. The molecule has 3 heterocycles. The predicted molar refractivity (Wildman–Crippen MR) is 80.1 cm³/mol. The lowest BCUT2D eigenvalue weighted by Crippen LogP contribution is -2.14. The number of aromatic nitrogens is 5. The van der Waals surface area contributed by atoms with Crippen LogP contribution >= 0.6 is 0 Å². The van der Waals surface area contributed by atoms with Gasteiger partial charge in [-0.05, 0) is 17.7 Å². The number of hydrogen-bond acceptors (Lipinski definition) is 7. The molecule has 4 N–H and O–H groups in total. The van der Waals surface area contributed by atoms with E-state index in [1.54, 1.807) is 12.1 Å². The summed E-state index contributed by atoms with van der Waals surface area (Å²) in [4.78, 5) is 18.6. The topological polar surface area (TPSA) is 116 Å². The monoisotopic (exact) mass is 333 g/mol. The molecule has 0 bridgehead atoms. The first-order valence-corrected chi connectivity index (χ1v) is 6.59. The minimum Gasteiger partial charge on any atom is -0.368 e. The molecule has 0 amide bonds. The summed E-state index contributed by atoms with van der Waals surface area (Å²) in [5.74, 6) is -0.661. The maximum Gasteiger partial charge on any atom is 0.434 e. The van der Waals surface area contributed by atoms with Crippen LogP contribution in [0.4, 0.5) is 25.1 Å². The number of hydrogen-bond donors (Lipinski definition) is 2. The van der Waals surface area contributed by atoms with Crippen molar-refractivity contribution in [2.75, 3.05) is 11.5 Å². The molecule has 0 saturated heterocycles. The van der Waals surface area contributed by atoms with E-state index in [4.69, 9.17) is 11.5 Å². The molecular weight excluding hydrogens is 323 g/mol. The lowest BCUT2D eigenvalue weighted by atomic mass is 10.0. The number of anilines is 2. The Morgan fingerprint density at radius 2 is 1.42 bits per heavy atom. The van der Waals surface area contributed by atoms with Crippen molar-refractivity contribution in [3.63, 3.8) is 0 Å². The van der Waals surface area contributed by atoms with Crippen LogP contribution in [0.3, 0.4) is 0 Å². The van der Waals surface area contributed by atoms with E-state index in [1.807, 2.05) is 0 Å². The average Bonchev–Trinajstić information content (AvgIpc) is 2.55. The smallest absolute Gasteiger partial charge is 0.368 e. The summed E-state index contributed by atoms with van der Waals surface area (Å²) in [6, 6.07) is 3.23. The van der Waals surface area contributed by atoms with Crippen molar-refractivity contribution in [2.45, 2.75) is 6.18 Å². The van der Waals surface area contributed by atoms with E-state index in [0.29, 0.717) is 11.1 Å². The first-order chi connectivity index (χ1) is 11.4. The van der Waals surface area contributed by atoms with Gasteiger partial charge in [-0.3, -0.25) is 4.98 Å². The first-order valence-electron chi connectivity index (χ1n) is 6.59. The molecule has 3 rings (SSSR count). The van der Waals surface area contributed by atoms with Crippen molar-refractivity contribution < 1.29 is 13.2 Å². The number of pyridine rings is 1. The van der Waals surface area contributed by atoms with Crippen molar-refractivity contribution >= 4 is 11.9 Å². The van der Waals surface area contributed by atoms with Gasteiger partial charge in [0.05, 0.1) is 11.3 Å². The largest absolute Gasteiger partial charge is 0.434 e. The minimum atomic E-state index is -4.73. The Hall–Kier alpha value is -3.30. The molecule has 0 unspecified atom stereocenters. The summed E-state index contributed by atoms with van der Waals surface area (Å²) in [5, 5.41) is 0. The lowest BCUT2D eigenvalue weighted by molar-refractivity contribution is -0.140. The summed E-state index contributed by atoms with van der Waals surface area (Å²) in [5.41, 5.74) is 10.2. The van der Waals surface area contributed by atoms with E-state index in [9.17, 15) is 13.2 Å². The number of rotatable bonds is 2. The molecule has 0 aromatic carbocycles. The zero-order valence-corrected chi connectivity index (χ0v) is 12.0. The Morgan fingerprint density at radius 3 is 2.04 bits per heavy atom. The molecule has 0 aliphatic heterocycles. The summed E-state index contributed by atoms with van der Waals surface area (Å²) < 4.78 is 40.0. The second-order valence-corrected chi connectivity index (χ2v) is 4.71. The zero-order valence-electron chi connectivity index (χ0n) is 12.0. The van der Waals surface area contributed by atoms with Gasteiger partial charge in [0.25, 0.3) is 0 Å². The Morgan fingerprint density at radius 1 is 0.833 bits per heavy atom. The van der Waals surface area contributed by atoms with Crippen molar-refractivity contribution in [1.82, 2.24) is 24.9 Å². The fraction of sp³-hybridized carbons (Fsp3) is 0.0714. The van der Waals surface area contributed by atoms with Gasteiger partial charge in [-0.25, -0.2) is 19.9 Å². The number of nitrogen functional groups attached to an aromatic ring is 2. The molecule has 3 aromatic rings. The Balaban J connectivity index is 2.30. The fourth-order valence-electron chi connectivity index (χ4n) is 2.13. The molecule has 0 saturated carbocycles. The number of nitrogens with zero attached hydrogens (tertiary/aromatic N) is 5. The third-order valence-electron chi connectivity index (χ3n) is 3.13. The van der Waals surface area contributed by atoms with E-state index in [1.165, 1.54) is 18.6 Å². The molecule has 3 aromatic heterocycles. The minimum absolute atomic E-state index is 0.0407. The van der Waals surface area contributed by atoms with Crippen LogP contribution in [0.5, 0.6) is 0 Å². The van der Waals surface area contributed by atoms with Gasteiger partial charge in [0.2, 0.25) is 11.9 Å². The average molecular weight is 333 g/mol. The zero-order chi connectivity index (χ0) is 17.3. The highest BCUT2D eigenvalue weighted by Gasteiger charge is 2.37. The maximum atomic E-state index is 13.3. The summed E-state index contributed by atoms with van der Waals surface area (Å²) >= 11 is 0. The van der Waals surface area contributed by atoms with Crippen molar-refractivity contribution in [2.24, 2.45) is 0 Å². The normalized spacial score (nSPS) is 11.5. The highest BCUT2D eigenvalue weighted by atomic mass is 19.4. The van der Waals surface area contributed by atoms with Crippen molar-refractivity contribution in [1.29, 1.82) is 0 Å². The molecule has 24 heavy (non-hydrogen) atoms. The van der Waals surface area contributed by atoms with Gasteiger partial charge in [0, 0.05) is 30.4 Å². The van der Waals surface area contributed by atoms with Gasteiger partial charge >= 0.3 is 6.18 Å². The molecule has 10 heteroatoms. The third kappa shape index (κ3) is 2.93. The Bertz CT molecular complexity index is 881. The highest BCUT2D eigenvalue weighted by molar-refractivity contribution is 5.81. The van der Waals surface area contributed by atoms with Gasteiger partial charge in [-0.2, -0.15) is 13.2 Å². The lowest BCUT2D eigenvalue weighted by Gasteiger charge is -2.14. The molecular formula is C14H10F3N7. The molecule has 0 fully saturated rings. The molecule has 0 aliphatic rings. The standard InChI is InChI=1S/C14H10F3N7/c15-14(16,17)11-9(6-22-13(19)24-11)10-8(5-21-12(18)23-10)7-1-3-20-4-2-7/h1-6H,(H2,18,21,23)(H2,19,22,24). The van der Waals surface area contributed by atoms with E-state index in [-0.39, 0.29) is 17.2 Å². The number of alkyl halides is 3. The van der Waals surface area contributed by atoms with E-state index >= 15 is 0 Å². The van der Waals surface area contributed by atoms with Gasteiger partial charge in [-0.1, -0.05) is 0 Å². The summed E-state index contributed by atoms with van der Waals surface area (Å²) in [6.45, 7) is 0. The molecule has 0 spiro atoms. The Labute approximate surface area is 133 Å². The fourth-order valence-corrected chi connectivity index (χ4v) is 2.13. The molecule has 0 radical (unpaired) electrons. The number of halogens is 3. The van der Waals surface area contributed by atoms with Crippen molar-refractivity contribution in [3.05, 3.63) is 42.6 Å². The molecule has 0 atom stereocenters. The second kappa shape index (κ2) is 5.72. The van der Waals surface area contributed by atoms with Gasteiger partial charge in [0.1, 0.15) is 0 Å². The van der Waals surface area contributed by atoms with Crippen LogP contribution in [0.2, 0.25) is 0 Å². The van der Waals surface area contributed by atoms with E-state index in [0.717, 1.165) is 6.20 Å². The highest BCUT2D eigenvalue weighted by Crippen LogP contribution is 2.38. The quantitative estimate of drug-likeness (QED) is 0.738. The second-order valence-electron chi connectivity index (χ2n) is 4.71. The van der Waals surface area contributed by atoms with Gasteiger partial charge in [-0.15, -0.1) is 0 Å². The van der Waals surface area contributed by atoms with Crippen LogP contribution < -0.4 is 11.5 Å². The SMILES string of the molecule is Nc1ncc(-c2ccncc2)c(-c2cnc(N)nc2C(F)(F)F)n1. The van der Waals surface area contributed by atoms with Gasteiger partial charge < -0.3 is 11.5 Å². The van der Waals surface area contributed by atoms with Gasteiger partial charge in [0.15, 0.2) is 5.69 Å². The van der Waals surface area contributed by atoms with E-state index < -0.39 is 17.8 Å². The number of nitrogens with two attached hydrogens (primary N) is 2. The first kappa shape index (κ1) is 15.6. The van der Waals surface area contributed by atoms with Crippen LogP contribution in [-0.4, -0.2) is 24.9 Å². The van der Waals surface area contributed by atoms with E-state index in [2.05, 4.69) is 24.9 Å². The molecule has 122 valence electrons. The van der Waals surface area contributed by atoms with Crippen molar-refractivity contribution in [3.8, 4) is 22.4 Å². The van der Waals surface area contributed by atoms with Crippen LogP contribution in [0.25, 0.3) is 22.4 Å². The Kier molecular flexibility index (Phi) is 3.72. The molecule has 0 aliphatic carbocycles. The summed E-state index contributed by atoms with van der Waals surface area (Å²) in [6.07, 6.45) is 0.571. The van der Waals surface area contributed by atoms with Crippen LogP contribution in [0.15, 0.2) is 36.9 Å². The molecule has 7 nitrogen and oxygen atoms in total. The van der Waals surface area contributed by atoms with Crippen LogP contribution in [0.1, 0.15) is 5.69 Å². The summed E-state index contributed by atoms with van der Waals surface area (Å²) in [7, 11) is 0. The van der Waals surface area contributed by atoms with Crippen LogP contribution in [0, 0.1) is 0 Å². The van der Waals surface area contributed by atoms with Crippen LogP contribution in [-0.2, 0) is 6.18 Å².